The predicted molar refractivity (Wildman–Crippen MR) is 99.7 cm³/mol. The highest BCUT2D eigenvalue weighted by Crippen LogP contribution is 2.20. The van der Waals surface area contributed by atoms with Gasteiger partial charge in [-0.2, -0.15) is 0 Å². The standard InChI is InChI=1S/C17H18N6OS/c1-23(2)14-5-3-4-13(10-14)19-15(24)11-25-17-20-16(21-22-17)12-6-8-18-9-7-12/h3-10H,11H2,1-2H3,(H,19,24)(H,20,21,22). The van der Waals surface area contributed by atoms with Gasteiger partial charge in [0, 0.05) is 43.4 Å². The predicted octanol–water partition coefficient (Wildman–Crippen LogP) is 2.66. The molecule has 0 unspecified atom stereocenters. The normalized spacial score (nSPS) is 10.5. The van der Waals surface area contributed by atoms with Gasteiger partial charge >= 0.3 is 0 Å². The monoisotopic (exact) mass is 354 g/mol. The summed E-state index contributed by atoms with van der Waals surface area (Å²) >= 11 is 1.28. The zero-order chi connectivity index (χ0) is 17.6. The van der Waals surface area contributed by atoms with Crippen LogP contribution >= 0.6 is 11.8 Å². The van der Waals surface area contributed by atoms with Crippen molar-refractivity contribution in [1.82, 2.24) is 20.2 Å². The Morgan fingerprint density at radius 3 is 2.80 bits per heavy atom. The molecule has 0 radical (unpaired) electrons. The third kappa shape index (κ3) is 4.57. The topological polar surface area (TPSA) is 86.8 Å². The summed E-state index contributed by atoms with van der Waals surface area (Å²) in [4.78, 5) is 22.5. The minimum absolute atomic E-state index is 0.101. The fraction of sp³-hybridized carbons (Fsp3) is 0.176. The highest BCUT2D eigenvalue weighted by molar-refractivity contribution is 7.99. The number of H-pyrrole nitrogens is 1. The smallest absolute Gasteiger partial charge is 0.234 e. The molecule has 0 bridgehead atoms. The van der Waals surface area contributed by atoms with Crippen LogP contribution in [0.25, 0.3) is 11.4 Å². The SMILES string of the molecule is CN(C)c1cccc(NC(=O)CSc2n[nH]c(-c3ccncc3)n2)c1. The Morgan fingerprint density at radius 2 is 2.04 bits per heavy atom. The second-order valence-corrected chi connectivity index (χ2v) is 6.43. The van der Waals surface area contributed by atoms with E-state index in [4.69, 9.17) is 0 Å². The molecule has 7 nitrogen and oxygen atoms in total. The van der Waals surface area contributed by atoms with Crippen molar-refractivity contribution in [2.24, 2.45) is 0 Å². The zero-order valence-corrected chi connectivity index (χ0v) is 14.7. The summed E-state index contributed by atoms with van der Waals surface area (Å²) < 4.78 is 0. The molecule has 0 saturated heterocycles. The van der Waals surface area contributed by atoms with Gasteiger partial charge in [-0.1, -0.05) is 17.8 Å². The molecule has 2 N–H and O–H groups in total. The molecule has 0 atom stereocenters. The van der Waals surface area contributed by atoms with Gasteiger partial charge in [0.05, 0.1) is 5.75 Å². The van der Waals surface area contributed by atoms with E-state index in [1.54, 1.807) is 12.4 Å². The van der Waals surface area contributed by atoms with Gasteiger partial charge in [-0.15, -0.1) is 5.10 Å². The van der Waals surface area contributed by atoms with E-state index in [-0.39, 0.29) is 11.7 Å². The number of amides is 1. The Bertz CT molecular complexity index is 849. The summed E-state index contributed by atoms with van der Waals surface area (Å²) in [7, 11) is 3.92. The number of thioether (sulfide) groups is 1. The van der Waals surface area contributed by atoms with Crippen molar-refractivity contribution >= 4 is 29.0 Å². The number of hydrogen-bond acceptors (Lipinski definition) is 6. The van der Waals surface area contributed by atoms with Gasteiger partial charge in [-0.05, 0) is 30.3 Å². The Labute approximate surface area is 149 Å². The average Bonchev–Trinajstić information content (AvgIpc) is 3.10. The molecular weight excluding hydrogens is 336 g/mol. The number of aromatic nitrogens is 4. The van der Waals surface area contributed by atoms with E-state index < -0.39 is 0 Å². The molecule has 2 heterocycles. The van der Waals surface area contributed by atoms with Crippen LogP contribution in [-0.4, -0.2) is 45.9 Å². The molecule has 1 amide bonds. The molecule has 0 aliphatic rings. The molecule has 8 heteroatoms. The molecule has 1 aromatic carbocycles. The van der Waals surface area contributed by atoms with Gasteiger partial charge in [0.2, 0.25) is 11.1 Å². The van der Waals surface area contributed by atoms with Gasteiger partial charge in [-0.25, -0.2) is 4.98 Å². The van der Waals surface area contributed by atoms with Crippen molar-refractivity contribution < 1.29 is 4.79 Å². The van der Waals surface area contributed by atoms with E-state index in [2.05, 4.69) is 25.5 Å². The quantitative estimate of drug-likeness (QED) is 0.662. The lowest BCUT2D eigenvalue weighted by Gasteiger charge is -2.13. The number of carbonyl (C=O) groups is 1. The first-order chi connectivity index (χ1) is 12.1. The number of rotatable bonds is 6. The molecule has 0 saturated carbocycles. The van der Waals surface area contributed by atoms with Gasteiger partial charge in [0.15, 0.2) is 5.82 Å². The second-order valence-electron chi connectivity index (χ2n) is 5.48. The number of hydrogen-bond donors (Lipinski definition) is 2. The number of aromatic amines is 1. The van der Waals surface area contributed by atoms with Gasteiger partial charge in [0.25, 0.3) is 0 Å². The van der Waals surface area contributed by atoms with Crippen LogP contribution in [0.3, 0.4) is 0 Å². The van der Waals surface area contributed by atoms with Crippen molar-refractivity contribution in [2.75, 3.05) is 30.1 Å². The van der Waals surface area contributed by atoms with Crippen LogP contribution in [0.1, 0.15) is 0 Å². The van der Waals surface area contributed by atoms with Crippen LogP contribution in [-0.2, 0) is 4.79 Å². The summed E-state index contributed by atoms with van der Waals surface area (Å²) in [6.45, 7) is 0. The first-order valence-corrected chi connectivity index (χ1v) is 8.63. The number of benzene rings is 1. The fourth-order valence-electron chi connectivity index (χ4n) is 2.14. The maximum Gasteiger partial charge on any atom is 0.234 e. The summed E-state index contributed by atoms with van der Waals surface area (Å²) in [5.41, 5.74) is 2.70. The van der Waals surface area contributed by atoms with E-state index in [9.17, 15) is 4.79 Å². The summed E-state index contributed by atoms with van der Waals surface area (Å²) in [5.74, 6) is 0.792. The third-order valence-corrected chi connectivity index (χ3v) is 4.24. The molecule has 0 spiro atoms. The molecule has 0 aliphatic carbocycles. The van der Waals surface area contributed by atoms with Crippen LogP contribution in [0.2, 0.25) is 0 Å². The lowest BCUT2D eigenvalue weighted by Crippen LogP contribution is -2.15. The third-order valence-electron chi connectivity index (χ3n) is 3.40. The molecule has 2 aromatic heterocycles. The summed E-state index contributed by atoms with van der Waals surface area (Å²) in [6, 6.07) is 11.4. The number of carbonyl (C=O) groups excluding carboxylic acids is 1. The molecule has 128 valence electrons. The van der Waals surface area contributed by atoms with Gasteiger partial charge < -0.3 is 10.2 Å². The Morgan fingerprint density at radius 1 is 1.24 bits per heavy atom. The molecule has 0 fully saturated rings. The maximum atomic E-state index is 12.1. The molecular formula is C17H18N6OS. The first-order valence-electron chi connectivity index (χ1n) is 7.64. The average molecular weight is 354 g/mol. The van der Waals surface area contributed by atoms with Crippen LogP contribution in [0.5, 0.6) is 0 Å². The van der Waals surface area contributed by atoms with Crippen LogP contribution in [0.4, 0.5) is 11.4 Å². The lowest BCUT2D eigenvalue weighted by atomic mass is 10.2. The Kier molecular flexibility index (Phi) is 5.30. The van der Waals surface area contributed by atoms with E-state index in [1.165, 1.54) is 11.8 Å². The maximum absolute atomic E-state index is 12.1. The highest BCUT2D eigenvalue weighted by atomic mass is 32.2. The molecule has 25 heavy (non-hydrogen) atoms. The Balaban J connectivity index is 1.56. The van der Waals surface area contributed by atoms with Crippen LogP contribution < -0.4 is 10.2 Å². The Hall–Kier alpha value is -2.87. The fourth-order valence-corrected chi connectivity index (χ4v) is 2.74. The van der Waals surface area contributed by atoms with Crippen LogP contribution in [0.15, 0.2) is 53.9 Å². The van der Waals surface area contributed by atoms with Crippen molar-refractivity contribution in [2.45, 2.75) is 5.16 Å². The minimum Gasteiger partial charge on any atom is -0.378 e. The van der Waals surface area contributed by atoms with Crippen molar-refractivity contribution in [3.05, 3.63) is 48.8 Å². The number of anilines is 2. The van der Waals surface area contributed by atoms with Gasteiger partial charge in [0.1, 0.15) is 0 Å². The number of pyridine rings is 1. The van der Waals surface area contributed by atoms with Crippen molar-refractivity contribution in [1.29, 1.82) is 0 Å². The molecule has 0 aliphatic heterocycles. The van der Waals surface area contributed by atoms with Crippen LogP contribution in [0, 0.1) is 0 Å². The number of nitrogens with zero attached hydrogens (tertiary/aromatic N) is 4. The minimum atomic E-state index is -0.101. The van der Waals surface area contributed by atoms with E-state index in [0.29, 0.717) is 11.0 Å². The van der Waals surface area contributed by atoms with E-state index in [1.807, 2.05) is 55.4 Å². The molecule has 3 rings (SSSR count). The van der Waals surface area contributed by atoms with E-state index in [0.717, 1.165) is 16.9 Å². The first kappa shape index (κ1) is 17.0. The number of nitrogens with one attached hydrogen (secondary N) is 2. The van der Waals surface area contributed by atoms with E-state index >= 15 is 0 Å². The highest BCUT2D eigenvalue weighted by Gasteiger charge is 2.09. The van der Waals surface area contributed by atoms with Crippen molar-refractivity contribution in [3.8, 4) is 11.4 Å². The van der Waals surface area contributed by atoms with Crippen molar-refractivity contribution in [3.63, 3.8) is 0 Å². The lowest BCUT2D eigenvalue weighted by molar-refractivity contribution is -0.113. The zero-order valence-electron chi connectivity index (χ0n) is 13.9. The second kappa shape index (κ2) is 7.80. The summed E-state index contributed by atoms with van der Waals surface area (Å²) in [6.07, 6.45) is 3.39. The van der Waals surface area contributed by atoms with Gasteiger partial charge in [-0.3, -0.25) is 14.9 Å². The summed E-state index contributed by atoms with van der Waals surface area (Å²) in [5, 5.41) is 10.4. The largest absolute Gasteiger partial charge is 0.378 e. The molecule has 3 aromatic rings.